The number of rotatable bonds is 6. The summed E-state index contributed by atoms with van der Waals surface area (Å²) in [4.78, 5) is 14.3. The molecule has 26 heavy (non-hydrogen) atoms. The number of nitrogens with one attached hydrogen (secondary N) is 1. The predicted molar refractivity (Wildman–Crippen MR) is 99.5 cm³/mol. The lowest BCUT2D eigenvalue weighted by Gasteiger charge is -2.29. The number of carbonyl (C=O) groups excluding carboxylic acids is 1. The zero-order valence-electron chi connectivity index (χ0n) is 15.3. The molecule has 3 rings (SSSR count). The zero-order valence-corrected chi connectivity index (χ0v) is 16.1. The van der Waals surface area contributed by atoms with Crippen LogP contribution in [0.5, 0.6) is 5.75 Å². The maximum absolute atomic E-state index is 12.6. The highest BCUT2D eigenvalue weighted by Gasteiger charge is 2.26. The average molecular weight is 381 g/mol. The third-order valence-electron chi connectivity index (χ3n) is 5.11. The maximum Gasteiger partial charge on any atom is 0.241 e. The Morgan fingerprint density at radius 3 is 2.31 bits per heavy atom. The van der Waals surface area contributed by atoms with Crippen LogP contribution >= 0.6 is 0 Å². The van der Waals surface area contributed by atoms with E-state index in [0.29, 0.717) is 18.8 Å². The molecule has 6 nitrogen and oxygen atoms in total. The van der Waals surface area contributed by atoms with E-state index in [4.69, 9.17) is 4.74 Å². The molecule has 0 radical (unpaired) electrons. The molecular weight excluding hydrogens is 352 g/mol. The number of benzene rings is 1. The van der Waals surface area contributed by atoms with E-state index in [0.717, 1.165) is 32.1 Å². The fourth-order valence-corrected chi connectivity index (χ4v) is 4.83. The van der Waals surface area contributed by atoms with Gasteiger partial charge in [-0.15, -0.1) is 0 Å². The fourth-order valence-electron chi connectivity index (χ4n) is 3.64. The van der Waals surface area contributed by atoms with Crippen LogP contribution in [-0.2, 0) is 14.8 Å². The quantitative estimate of drug-likeness (QED) is 0.823. The van der Waals surface area contributed by atoms with E-state index in [1.165, 1.54) is 25.0 Å². The van der Waals surface area contributed by atoms with Gasteiger partial charge in [0, 0.05) is 13.1 Å². The third-order valence-corrected chi connectivity index (χ3v) is 6.67. The predicted octanol–water partition coefficient (Wildman–Crippen LogP) is 2.69. The third kappa shape index (κ3) is 4.76. The van der Waals surface area contributed by atoms with Crippen molar-refractivity contribution in [1.29, 1.82) is 0 Å². The summed E-state index contributed by atoms with van der Waals surface area (Å²) in [5, 5.41) is 0. The molecule has 2 aliphatic rings. The summed E-state index contributed by atoms with van der Waals surface area (Å²) < 4.78 is 33.5. The van der Waals surface area contributed by atoms with Crippen LogP contribution in [0.25, 0.3) is 0 Å². The van der Waals surface area contributed by atoms with E-state index in [1.807, 2.05) is 0 Å². The van der Waals surface area contributed by atoms with Crippen molar-refractivity contribution in [3.63, 3.8) is 0 Å². The molecule has 1 N–H and O–H groups in total. The number of likely N-dealkylation sites (tertiary alicyclic amines) is 1. The lowest BCUT2D eigenvalue weighted by atomic mass is 10.1. The minimum Gasteiger partial charge on any atom is -0.490 e. The molecule has 1 aromatic carbocycles. The lowest BCUT2D eigenvalue weighted by Crippen LogP contribution is -2.48. The number of sulfonamides is 1. The molecule has 1 aliphatic heterocycles. The smallest absolute Gasteiger partial charge is 0.241 e. The van der Waals surface area contributed by atoms with Crippen molar-refractivity contribution >= 4 is 15.9 Å². The topological polar surface area (TPSA) is 75.7 Å². The van der Waals surface area contributed by atoms with E-state index in [-0.39, 0.29) is 16.9 Å². The van der Waals surface area contributed by atoms with E-state index in [9.17, 15) is 13.2 Å². The normalized spacial score (nSPS) is 20.1. The van der Waals surface area contributed by atoms with Crippen molar-refractivity contribution < 1.29 is 17.9 Å². The van der Waals surface area contributed by atoms with E-state index in [1.54, 1.807) is 24.0 Å². The van der Waals surface area contributed by atoms with Crippen molar-refractivity contribution in [2.24, 2.45) is 0 Å². The van der Waals surface area contributed by atoms with Gasteiger partial charge in [0.1, 0.15) is 5.75 Å². The molecule has 0 aromatic heterocycles. The van der Waals surface area contributed by atoms with Gasteiger partial charge in [-0.3, -0.25) is 4.79 Å². The van der Waals surface area contributed by atoms with Crippen molar-refractivity contribution in [3.8, 4) is 5.75 Å². The summed E-state index contributed by atoms with van der Waals surface area (Å²) in [7, 11) is -3.74. The van der Waals surface area contributed by atoms with Crippen LogP contribution in [0.2, 0.25) is 0 Å². The summed E-state index contributed by atoms with van der Waals surface area (Å²) in [5.74, 6) is 0.530. The first kappa shape index (κ1) is 19.2. The summed E-state index contributed by atoms with van der Waals surface area (Å²) in [6, 6.07) is 5.66. The second kappa shape index (κ2) is 8.39. The van der Waals surface area contributed by atoms with Crippen LogP contribution in [0.1, 0.15) is 51.9 Å². The van der Waals surface area contributed by atoms with Crippen LogP contribution in [0, 0.1) is 0 Å². The summed E-state index contributed by atoms with van der Waals surface area (Å²) in [6.45, 7) is 3.02. The number of carbonyl (C=O) groups is 1. The van der Waals surface area contributed by atoms with Crippen molar-refractivity contribution in [3.05, 3.63) is 24.3 Å². The molecule has 1 amide bonds. The highest BCUT2D eigenvalue weighted by Crippen LogP contribution is 2.25. The Balaban J connectivity index is 1.60. The van der Waals surface area contributed by atoms with Gasteiger partial charge in [-0.05, 0) is 76.1 Å². The standard InChI is InChI=1S/C19H28N2O4S/c1-15(19(22)21-13-5-2-6-14-21)20-26(23,24)18-11-9-17(10-12-18)25-16-7-3-4-8-16/h9-12,15-16,20H,2-8,13-14H2,1H3/t15-/m1/s1. The summed E-state index contributed by atoms with van der Waals surface area (Å²) in [6.07, 6.45) is 7.79. The molecule has 1 atom stereocenters. The summed E-state index contributed by atoms with van der Waals surface area (Å²) >= 11 is 0. The van der Waals surface area contributed by atoms with Crippen molar-refractivity contribution in [2.75, 3.05) is 13.1 Å². The summed E-state index contributed by atoms with van der Waals surface area (Å²) in [5.41, 5.74) is 0. The Morgan fingerprint density at radius 1 is 1.08 bits per heavy atom. The second-order valence-electron chi connectivity index (χ2n) is 7.22. The molecular formula is C19H28N2O4S. The minimum atomic E-state index is -3.74. The fraction of sp³-hybridized carbons (Fsp3) is 0.632. The highest BCUT2D eigenvalue weighted by molar-refractivity contribution is 7.89. The van der Waals surface area contributed by atoms with Gasteiger partial charge >= 0.3 is 0 Å². The second-order valence-corrected chi connectivity index (χ2v) is 8.94. The van der Waals surface area contributed by atoms with Crippen LogP contribution in [0.3, 0.4) is 0 Å². The number of hydrogen-bond acceptors (Lipinski definition) is 4. The molecule has 0 bridgehead atoms. The van der Waals surface area contributed by atoms with Crippen molar-refractivity contribution in [2.45, 2.75) is 68.9 Å². The van der Waals surface area contributed by atoms with Gasteiger partial charge in [0.15, 0.2) is 0 Å². The van der Waals surface area contributed by atoms with Gasteiger partial charge in [-0.1, -0.05) is 0 Å². The van der Waals surface area contributed by atoms with Crippen LogP contribution < -0.4 is 9.46 Å². The Kier molecular flexibility index (Phi) is 6.19. The Bertz CT molecular complexity index is 706. The van der Waals surface area contributed by atoms with Gasteiger partial charge < -0.3 is 9.64 Å². The van der Waals surface area contributed by atoms with Crippen molar-refractivity contribution in [1.82, 2.24) is 9.62 Å². The number of hydrogen-bond donors (Lipinski definition) is 1. The average Bonchev–Trinajstić information content (AvgIpc) is 3.15. The molecule has 2 fully saturated rings. The SMILES string of the molecule is C[C@@H](NS(=O)(=O)c1ccc(OC2CCCC2)cc1)C(=O)N1CCCCC1. The molecule has 1 aromatic rings. The Morgan fingerprint density at radius 2 is 1.69 bits per heavy atom. The monoisotopic (exact) mass is 380 g/mol. The molecule has 144 valence electrons. The van der Waals surface area contributed by atoms with Gasteiger partial charge in [0.2, 0.25) is 15.9 Å². The first-order valence-corrected chi connectivity index (χ1v) is 11.0. The molecule has 1 saturated heterocycles. The molecule has 0 unspecified atom stereocenters. The van der Waals surface area contributed by atoms with E-state index in [2.05, 4.69) is 4.72 Å². The molecule has 1 heterocycles. The van der Waals surface area contributed by atoms with Crippen LogP contribution in [-0.4, -0.2) is 44.5 Å². The maximum atomic E-state index is 12.6. The molecule has 7 heteroatoms. The van der Waals surface area contributed by atoms with Gasteiger partial charge in [0.25, 0.3) is 0 Å². The van der Waals surface area contributed by atoms with Gasteiger partial charge in [-0.2, -0.15) is 4.72 Å². The minimum absolute atomic E-state index is 0.148. The number of piperidine rings is 1. The number of ether oxygens (including phenoxy) is 1. The Hall–Kier alpha value is -1.60. The largest absolute Gasteiger partial charge is 0.490 e. The number of amides is 1. The Labute approximate surface area is 156 Å². The van der Waals surface area contributed by atoms with Crippen LogP contribution in [0.15, 0.2) is 29.2 Å². The molecule has 1 saturated carbocycles. The zero-order chi connectivity index (χ0) is 18.6. The van der Waals surface area contributed by atoms with Crippen LogP contribution in [0.4, 0.5) is 0 Å². The molecule has 1 aliphatic carbocycles. The van der Waals surface area contributed by atoms with E-state index < -0.39 is 16.1 Å². The molecule has 0 spiro atoms. The number of nitrogens with zero attached hydrogens (tertiary/aromatic N) is 1. The van der Waals surface area contributed by atoms with Gasteiger partial charge in [-0.25, -0.2) is 8.42 Å². The lowest BCUT2D eigenvalue weighted by molar-refractivity contribution is -0.133. The van der Waals surface area contributed by atoms with E-state index >= 15 is 0 Å². The highest BCUT2D eigenvalue weighted by atomic mass is 32.2. The first-order valence-electron chi connectivity index (χ1n) is 9.53. The first-order chi connectivity index (χ1) is 12.5. The van der Waals surface area contributed by atoms with Gasteiger partial charge in [0.05, 0.1) is 17.0 Å².